The molecular weight excluding hydrogens is 735 g/mol. The SMILES string of the molecule is c1ccc(-c2nc(-c3ccccc3)nc(-n3c4ccccc4c4cc5c6ccccc6n(-c6ccc7c(c6)n6c8ccccc8cc6n7-c6ccccc6)c5cc43)n2)cc1. The summed E-state index contributed by atoms with van der Waals surface area (Å²) in [7, 11) is 0. The fourth-order valence-electron chi connectivity index (χ4n) is 9.37. The molecule has 0 aliphatic rings. The number of benzene rings is 8. The summed E-state index contributed by atoms with van der Waals surface area (Å²) in [5.74, 6) is 1.82. The second-order valence-corrected chi connectivity index (χ2v) is 15.3. The highest BCUT2D eigenvalue weighted by atomic mass is 15.2. The van der Waals surface area contributed by atoms with Crippen molar-refractivity contribution in [2.24, 2.45) is 0 Å². The zero-order valence-corrected chi connectivity index (χ0v) is 32.2. The fourth-order valence-corrected chi connectivity index (χ4v) is 9.37. The van der Waals surface area contributed by atoms with E-state index in [0.717, 1.165) is 72.0 Å². The second-order valence-electron chi connectivity index (χ2n) is 15.3. The molecule has 8 aromatic carbocycles. The Morgan fingerprint density at radius 3 is 1.52 bits per heavy atom. The molecule has 0 saturated carbocycles. The van der Waals surface area contributed by atoms with Crippen molar-refractivity contribution in [3.05, 3.63) is 200 Å². The van der Waals surface area contributed by atoms with E-state index in [-0.39, 0.29) is 0 Å². The first-order chi connectivity index (χ1) is 29.8. The zero-order valence-electron chi connectivity index (χ0n) is 32.2. The molecule has 0 bridgehead atoms. The molecule has 0 amide bonds. The van der Waals surface area contributed by atoms with E-state index in [1.807, 2.05) is 36.4 Å². The molecule has 7 heteroatoms. The summed E-state index contributed by atoms with van der Waals surface area (Å²) in [6, 6.07) is 70.8. The van der Waals surface area contributed by atoms with Crippen LogP contribution in [0, 0.1) is 0 Å². The molecule has 60 heavy (non-hydrogen) atoms. The molecule has 0 unspecified atom stereocenters. The van der Waals surface area contributed by atoms with Crippen LogP contribution in [0.1, 0.15) is 0 Å². The van der Waals surface area contributed by atoms with E-state index in [1.54, 1.807) is 0 Å². The first kappa shape index (κ1) is 32.8. The normalized spacial score (nSPS) is 12.0. The quantitative estimate of drug-likeness (QED) is 0.175. The van der Waals surface area contributed by atoms with Crippen LogP contribution in [0.3, 0.4) is 0 Å². The largest absolute Gasteiger partial charge is 0.309 e. The lowest BCUT2D eigenvalue weighted by Gasteiger charge is -2.12. The van der Waals surface area contributed by atoms with Crippen LogP contribution in [0.15, 0.2) is 200 Å². The maximum Gasteiger partial charge on any atom is 0.238 e. The molecule has 5 aromatic heterocycles. The lowest BCUT2D eigenvalue weighted by atomic mass is 10.1. The van der Waals surface area contributed by atoms with Crippen LogP contribution in [-0.2, 0) is 0 Å². The minimum absolute atomic E-state index is 0.571. The molecule has 13 rings (SSSR count). The molecule has 0 saturated heterocycles. The number of aromatic nitrogens is 7. The van der Waals surface area contributed by atoms with Gasteiger partial charge in [-0.25, -0.2) is 4.98 Å². The summed E-state index contributed by atoms with van der Waals surface area (Å²) in [5, 5.41) is 5.87. The Morgan fingerprint density at radius 1 is 0.300 bits per heavy atom. The van der Waals surface area contributed by atoms with Gasteiger partial charge in [0, 0.05) is 49.4 Å². The van der Waals surface area contributed by atoms with E-state index < -0.39 is 0 Å². The van der Waals surface area contributed by atoms with Gasteiger partial charge in [-0.1, -0.05) is 133 Å². The Bertz CT molecular complexity index is 3760. The molecule has 0 aliphatic heterocycles. The van der Waals surface area contributed by atoms with E-state index >= 15 is 0 Å². The van der Waals surface area contributed by atoms with Gasteiger partial charge in [-0.05, 0) is 66.7 Å². The Kier molecular flexibility index (Phi) is 6.88. The summed E-state index contributed by atoms with van der Waals surface area (Å²) in [4.78, 5) is 15.4. The molecule has 0 spiro atoms. The van der Waals surface area contributed by atoms with Crippen LogP contribution in [0.2, 0.25) is 0 Å². The maximum atomic E-state index is 5.21. The van der Waals surface area contributed by atoms with Crippen molar-refractivity contribution in [3.63, 3.8) is 0 Å². The van der Waals surface area contributed by atoms with Gasteiger partial charge in [-0.2, -0.15) is 9.97 Å². The third-order valence-corrected chi connectivity index (χ3v) is 12.0. The minimum Gasteiger partial charge on any atom is -0.309 e. The third-order valence-electron chi connectivity index (χ3n) is 12.0. The zero-order chi connectivity index (χ0) is 39.3. The number of hydrogen-bond donors (Lipinski definition) is 0. The summed E-state index contributed by atoms with van der Waals surface area (Å²) in [6.07, 6.45) is 0. The van der Waals surface area contributed by atoms with Crippen molar-refractivity contribution in [2.45, 2.75) is 0 Å². The highest BCUT2D eigenvalue weighted by Gasteiger charge is 2.22. The highest BCUT2D eigenvalue weighted by molar-refractivity contribution is 6.19. The van der Waals surface area contributed by atoms with Crippen LogP contribution in [0.5, 0.6) is 0 Å². The van der Waals surface area contributed by atoms with Crippen molar-refractivity contribution < 1.29 is 0 Å². The van der Waals surface area contributed by atoms with Gasteiger partial charge in [-0.15, -0.1) is 0 Å². The number of para-hydroxylation sites is 4. The van der Waals surface area contributed by atoms with Crippen molar-refractivity contribution >= 4 is 71.2 Å². The van der Waals surface area contributed by atoms with Gasteiger partial charge in [0.1, 0.15) is 5.65 Å². The Hall–Kier alpha value is -8.29. The number of nitrogens with zero attached hydrogens (tertiary/aromatic N) is 7. The predicted octanol–water partition coefficient (Wildman–Crippen LogP) is 12.7. The van der Waals surface area contributed by atoms with Crippen LogP contribution < -0.4 is 0 Å². The molecular formula is C53H33N7. The van der Waals surface area contributed by atoms with Gasteiger partial charge in [0.2, 0.25) is 5.95 Å². The highest BCUT2D eigenvalue weighted by Crippen LogP contribution is 2.41. The van der Waals surface area contributed by atoms with Crippen LogP contribution >= 0.6 is 0 Å². The monoisotopic (exact) mass is 767 g/mol. The third kappa shape index (κ3) is 4.74. The number of rotatable bonds is 5. The lowest BCUT2D eigenvalue weighted by Crippen LogP contribution is -2.06. The van der Waals surface area contributed by atoms with Crippen LogP contribution in [0.25, 0.3) is 111 Å². The van der Waals surface area contributed by atoms with E-state index in [2.05, 4.69) is 182 Å². The van der Waals surface area contributed by atoms with E-state index in [1.165, 1.54) is 21.7 Å². The van der Waals surface area contributed by atoms with Gasteiger partial charge in [0.05, 0.1) is 38.6 Å². The van der Waals surface area contributed by atoms with E-state index in [0.29, 0.717) is 17.6 Å². The maximum absolute atomic E-state index is 5.21. The van der Waals surface area contributed by atoms with Gasteiger partial charge in [-0.3, -0.25) is 13.5 Å². The number of hydrogen-bond acceptors (Lipinski definition) is 3. The molecule has 0 atom stereocenters. The minimum atomic E-state index is 0.571. The lowest BCUT2D eigenvalue weighted by molar-refractivity contribution is 0.953. The standard InChI is InChI=1S/C53H33N7/c1-4-16-34(17-5-1)51-54-52(35-18-6-2-7-19-35)56-53(55-51)60-45-27-15-12-24-40(45)42-32-41-39-23-11-14-26-44(39)57(47(41)33-48(42)60)38-28-29-46-49(31-38)59-43-25-13-10-20-36(43)30-50(59)58(46)37-21-8-3-9-22-37/h1-33H. The first-order valence-corrected chi connectivity index (χ1v) is 20.2. The van der Waals surface area contributed by atoms with Gasteiger partial charge < -0.3 is 4.57 Å². The number of fused-ring (bicyclic) bond motifs is 11. The molecule has 7 nitrogen and oxygen atoms in total. The summed E-state index contributed by atoms with van der Waals surface area (Å²) in [5.41, 5.74) is 13.0. The summed E-state index contributed by atoms with van der Waals surface area (Å²) < 4.78 is 9.40. The van der Waals surface area contributed by atoms with Crippen LogP contribution in [-0.4, -0.2) is 33.1 Å². The molecule has 0 fully saturated rings. The fraction of sp³-hybridized carbons (Fsp3) is 0. The van der Waals surface area contributed by atoms with Gasteiger partial charge in [0.15, 0.2) is 11.6 Å². The van der Waals surface area contributed by atoms with E-state index in [9.17, 15) is 0 Å². The van der Waals surface area contributed by atoms with Crippen molar-refractivity contribution in [2.75, 3.05) is 0 Å². The molecule has 0 radical (unpaired) electrons. The Morgan fingerprint density at radius 2 is 0.850 bits per heavy atom. The Labute approximate surface area is 343 Å². The molecule has 0 aliphatic carbocycles. The van der Waals surface area contributed by atoms with E-state index in [4.69, 9.17) is 15.0 Å². The second kappa shape index (κ2) is 12.6. The van der Waals surface area contributed by atoms with Gasteiger partial charge >= 0.3 is 0 Å². The van der Waals surface area contributed by atoms with Gasteiger partial charge in [0.25, 0.3) is 0 Å². The molecule has 5 heterocycles. The van der Waals surface area contributed by atoms with Crippen molar-refractivity contribution in [1.82, 2.24) is 33.1 Å². The van der Waals surface area contributed by atoms with Crippen molar-refractivity contribution in [3.8, 4) is 40.1 Å². The summed E-state index contributed by atoms with van der Waals surface area (Å²) >= 11 is 0. The average molecular weight is 768 g/mol. The smallest absolute Gasteiger partial charge is 0.238 e. The Balaban J connectivity index is 1.12. The first-order valence-electron chi connectivity index (χ1n) is 20.2. The van der Waals surface area contributed by atoms with Crippen molar-refractivity contribution in [1.29, 1.82) is 0 Å². The number of imidazole rings is 1. The molecule has 0 N–H and O–H groups in total. The topological polar surface area (TPSA) is 57.9 Å². The van der Waals surface area contributed by atoms with Crippen LogP contribution in [0.4, 0.5) is 0 Å². The average Bonchev–Trinajstić information content (AvgIpc) is 4.04. The molecule has 280 valence electrons. The summed E-state index contributed by atoms with van der Waals surface area (Å²) in [6.45, 7) is 0. The molecule has 13 aromatic rings. The predicted molar refractivity (Wildman–Crippen MR) is 245 cm³/mol.